The van der Waals surface area contributed by atoms with Gasteiger partial charge in [0.15, 0.2) is 0 Å². The lowest BCUT2D eigenvalue weighted by Gasteiger charge is -2.42. The van der Waals surface area contributed by atoms with E-state index in [1.54, 1.807) is 7.11 Å². The van der Waals surface area contributed by atoms with E-state index in [0.717, 1.165) is 24.2 Å². The number of methoxy groups -OCH3 is 1. The molecule has 0 bridgehead atoms. The molecule has 0 saturated heterocycles. The van der Waals surface area contributed by atoms with Crippen molar-refractivity contribution in [1.82, 2.24) is 0 Å². The summed E-state index contributed by atoms with van der Waals surface area (Å²) in [6, 6.07) is 4.20. The normalized spacial score (nSPS) is 24.7. The summed E-state index contributed by atoms with van der Waals surface area (Å²) in [5.41, 5.74) is 3.96. The largest absolute Gasteiger partial charge is 0.497 e. The molecule has 3 rings (SSSR count). The summed E-state index contributed by atoms with van der Waals surface area (Å²) < 4.78 is 16.6. The van der Waals surface area contributed by atoms with Crippen molar-refractivity contribution in [3.8, 4) is 5.75 Å². The highest BCUT2D eigenvalue weighted by atomic mass is 16.5. The predicted molar refractivity (Wildman–Crippen MR) is 87.9 cm³/mol. The standard InChI is InChI=1S/C19H26O4/c1-5-22-17(20)10-16-14-8-13(21-4)9-15-18(14)12(11-23-16)6-7-19(15,2)3/h8-9,12,16H,5-7,10-11H2,1-4H3/t12-,16-/m0/s1. The molecule has 0 N–H and O–H groups in total. The summed E-state index contributed by atoms with van der Waals surface area (Å²) in [6.07, 6.45) is 2.30. The number of hydrogen-bond acceptors (Lipinski definition) is 4. The molecule has 2 atom stereocenters. The molecular weight excluding hydrogens is 292 g/mol. The Hall–Kier alpha value is -1.55. The molecule has 4 heteroatoms. The molecule has 1 aliphatic carbocycles. The average Bonchev–Trinajstić information content (AvgIpc) is 2.52. The third kappa shape index (κ3) is 2.97. The molecule has 1 aromatic carbocycles. The monoisotopic (exact) mass is 318 g/mol. The van der Waals surface area contributed by atoms with Crippen LogP contribution in [0.15, 0.2) is 12.1 Å². The van der Waals surface area contributed by atoms with Gasteiger partial charge >= 0.3 is 5.97 Å². The lowest BCUT2D eigenvalue weighted by atomic mass is 9.66. The fourth-order valence-electron chi connectivity index (χ4n) is 3.89. The van der Waals surface area contributed by atoms with Gasteiger partial charge in [-0.2, -0.15) is 0 Å². The second-order valence-corrected chi connectivity index (χ2v) is 7.13. The second kappa shape index (κ2) is 6.16. The Labute approximate surface area is 138 Å². The Morgan fingerprint density at radius 3 is 2.87 bits per heavy atom. The molecular formula is C19H26O4. The summed E-state index contributed by atoms with van der Waals surface area (Å²) in [5, 5.41) is 0. The van der Waals surface area contributed by atoms with Crippen LogP contribution in [-0.2, 0) is 19.7 Å². The van der Waals surface area contributed by atoms with Crippen LogP contribution >= 0.6 is 0 Å². The number of ether oxygens (including phenoxy) is 3. The van der Waals surface area contributed by atoms with E-state index in [9.17, 15) is 4.79 Å². The van der Waals surface area contributed by atoms with Gasteiger partial charge in [0.1, 0.15) is 5.75 Å². The van der Waals surface area contributed by atoms with Gasteiger partial charge in [-0.05, 0) is 54.0 Å². The van der Waals surface area contributed by atoms with Gasteiger partial charge in [0.25, 0.3) is 0 Å². The molecule has 0 unspecified atom stereocenters. The Morgan fingerprint density at radius 1 is 1.39 bits per heavy atom. The minimum atomic E-state index is -0.233. The Morgan fingerprint density at radius 2 is 2.17 bits per heavy atom. The fraction of sp³-hybridized carbons (Fsp3) is 0.632. The first kappa shape index (κ1) is 16.3. The van der Waals surface area contributed by atoms with Crippen molar-refractivity contribution in [1.29, 1.82) is 0 Å². The van der Waals surface area contributed by atoms with Crippen molar-refractivity contribution in [3.63, 3.8) is 0 Å². The summed E-state index contributed by atoms with van der Waals surface area (Å²) in [5.74, 6) is 1.06. The third-order valence-electron chi connectivity index (χ3n) is 5.18. The van der Waals surface area contributed by atoms with E-state index in [1.807, 2.05) is 13.0 Å². The zero-order chi connectivity index (χ0) is 16.6. The van der Waals surface area contributed by atoms with Crippen molar-refractivity contribution in [3.05, 3.63) is 28.8 Å². The first-order valence-electron chi connectivity index (χ1n) is 8.45. The highest BCUT2D eigenvalue weighted by Gasteiger charge is 2.39. The van der Waals surface area contributed by atoms with Crippen LogP contribution in [0, 0.1) is 0 Å². The van der Waals surface area contributed by atoms with E-state index >= 15 is 0 Å². The van der Waals surface area contributed by atoms with Crippen LogP contribution in [0.3, 0.4) is 0 Å². The highest BCUT2D eigenvalue weighted by Crippen LogP contribution is 2.50. The van der Waals surface area contributed by atoms with Gasteiger partial charge in [-0.25, -0.2) is 0 Å². The first-order chi connectivity index (χ1) is 11.0. The molecule has 1 aromatic rings. The Kier molecular flexibility index (Phi) is 4.37. The van der Waals surface area contributed by atoms with Crippen molar-refractivity contribution in [2.45, 2.75) is 57.5 Å². The van der Waals surface area contributed by atoms with Gasteiger partial charge < -0.3 is 14.2 Å². The summed E-state index contributed by atoms with van der Waals surface area (Å²) >= 11 is 0. The predicted octanol–water partition coefficient (Wildman–Crippen LogP) is 3.87. The number of carbonyl (C=O) groups excluding carboxylic acids is 1. The molecule has 0 spiro atoms. The molecule has 0 amide bonds. The number of benzene rings is 1. The van der Waals surface area contributed by atoms with Crippen molar-refractivity contribution >= 4 is 5.97 Å². The van der Waals surface area contributed by atoms with Crippen molar-refractivity contribution in [2.24, 2.45) is 0 Å². The summed E-state index contributed by atoms with van der Waals surface area (Å²) in [7, 11) is 1.69. The molecule has 0 fully saturated rings. The van der Waals surface area contributed by atoms with Gasteiger partial charge in [0, 0.05) is 5.92 Å². The Bertz CT molecular complexity index is 606. The minimum Gasteiger partial charge on any atom is -0.497 e. The second-order valence-electron chi connectivity index (χ2n) is 7.13. The molecule has 126 valence electrons. The SMILES string of the molecule is CCOC(=O)C[C@@H]1OC[C@@H]2CCC(C)(C)c3cc(OC)cc1c32. The van der Waals surface area contributed by atoms with E-state index in [1.165, 1.54) is 11.1 Å². The molecule has 0 radical (unpaired) electrons. The van der Waals surface area contributed by atoms with Gasteiger partial charge in [0.2, 0.25) is 0 Å². The van der Waals surface area contributed by atoms with E-state index in [4.69, 9.17) is 14.2 Å². The quantitative estimate of drug-likeness (QED) is 0.790. The van der Waals surface area contributed by atoms with Gasteiger partial charge in [-0.3, -0.25) is 4.79 Å². The van der Waals surface area contributed by atoms with Gasteiger partial charge in [-0.1, -0.05) is 13.8 Å². The smallest absolute Gasteiger partial charge is 0.308 e. The maximum absolute atomic E-state index is 11.9. The molecule has 2 aliphatic rings. The number of esters is 1. The summed E-state index contributed by atoms with van der Waals surface area (Å²) in [6.45, 7) is 7.48. The molecule has 1 aliphatic heterocycles. The van der Waals surface area contributed by atoms with Crippen LogP contribution in [0.4, 0.5) is 0 Å². The molecule has 23 heavy (non-hydrogen) atoms. The van der Waals surface area contributed by atoms with Crippen LogP contribution in [0.1, 0.15) is 68.7 Å². The van der Waals surface area contributed by atoms with Crippen LogP contribution in [0.2, 0.25) is 0 Å². The molecule has 1 heterocycles. The van der Waals surface area contributed by atoms with Gasteiger partial charge in [-0.15, -0.1) is 0 Å². The first-order valence-corrected chi connectivity index (χ1v) is 8.45. The minimum absolute atomic E-state index is 0.126. The van der Waals surface area contributed by atoms with Crippen LogP contribution < -0.4 is 4.74 Å². The van der Waals surface area contributed by atoms with E-state index in [2.05, 4.69) is 19.9 Å². The zero-order valence-electron chi connectivity index (χ0n) is 14.5. The number of rotatable bonds is 4. The lowest BCUT2D eigenvalue weighted by molar-refractivity contribution is -0.147. The average molecular weight is 318 g/mol. The Balaban J connectivity index is 2.04. The fourth-order valence-corrected chi connectivity index (χ4v) is 3.89. The van der Waals surface area contributed by atoms with Gasteiger partial charge in [0.05, 0.1) is 32.8 Å². The summed E-state index contributed by atoms with van der Waals surface area (Å²) in [4.78, 5) is 11.9. The topological polar surface area (TPSA) is 44.8 Å². The zero-order valence-corrected chi connectivity index (χ0v) is 14.5. The molecule has 4 nitrogen and oxygen atoms in total. The van der Waals surface area contributed by atoms with Crippen molar-refractivity contribution in [2.75, 3.05) is 20.3 Å². The van der Waals surface area contributed by atoms with Crippen LogP contribution in [-0.4, -0.2) is 26.3 Å². The number of carbonyl (C=O) groups is 1. The third-order valence-corrected chi connectivity index (χ3v) is 5.18. The highest BCUT2D eigenvalue weighted by molar-refractivity contribution is 5.70. The molecule has 0 saturated carbocycles. The molecule has 0 aromatic heterocycles. The van der Waals surface area contributed by atoms with Crippen LogP contribution in [0.25, 0.3) is 0 Å². The maximum atomic E-state index is 11.9. The lowest BCUT2D eigenvalue weighted by Crippen LogP contribution is -2.33. The van der Waals surface area contributed by atoms with E-state index < -0.39 is 0 Å². The van der Waals surface area contributed by atoms with Crippen molar-refractivity contribution < 1.29 is 19.0 Å². The van der Waals surface area contributed by atoms with Crippen LogP contribution in [0.5, 0.6) is 5.75 Å². The van der Waals surface area contributed by atoms with E-state index in [0.29, 0.717) is 19.1 Å². The number of hydrogen-bond donors (Lipinski definition) is 0. The van der Waals surface area contributed by atoms with E-state index in [-0.39, 0.29) is 23.9 Å². The maximum Gasteiger partial charge on any atom is 0.308 e.